The van der Waals surface area contributed by atoms with Crippen LogP contribution in [0.25, 0.3) is 11.3 Å². The first-order chi connectivity index (χ1) is 10.2. The van der Waals surface area contributed by atoms with Crippen molar-refractivity contribution in [2.24, 2.45) is 0 Å². The molecule has 0 aliphatic rings. The fourth-order valence-corrected chi connectivity index (χ4v) is 2.40. The number of rotatable bonds is 3. The highest BCUT2D eigenvalue weighted by atomic mass is 32.1. The molecule has 2 aromatic heterocycles. The predicted molar refractivity (Wildman–Crippen MR) is 82.3 cm³/mol. The lowest BCUT2D eigenvalue weighted by Gasteiger charge is -2.07. The molecule has 0 spiro atoms. The minimum absolute atomic E-state index is 0.226. The van der Waals surface area contributed by atoms with Gasteiger partial charge in [-0.1, -0.05) is 41.7 Å². The highest BCUT2D eigenvalue weighted by molar-refractivity contribution is 7.13. The van der Waals surface area contributed by atoms with E-state index < -0.39 is 0 Å². The van der Waals surface area contributed by atoms with Gasteiger partial charge in [-0.2, -0.15) is 0 Å². The van der Waals surface area contributed by atoms with Crippen LogP contribution in [0.1, 0.15) is 16.1 Å². The van der Waals surface area contributed by atoms with Crippen molar-refractivity contribution in [3.05, 3.63) is 59.2 Å². The largest absolute Gasteiger partial charge is 0.296 e. The molecule has 1 N–H and O–H groups in total. The Bertz CT molecular complexity index is 757. The van der Waals surface area contributed by atoms with Crippen LogP contribution in [0.4, 0.5) is 5.13 Å². The second-order valence-corrected chi connectivity index (χ2v) is 5.23. The Morgan fingerprint density at radius 2 is 1.95 bits per heavy atom. The van der Waals surface area contributed by atoms with Crippen LogP contribution in [-0.4, -0.2) is 21.1 Å². The Kier molecular flexibility index (Phi) is 3.70. The van der Waals surface area contributed by atoms with E-state index in [1.807, 2.05) is 43.3 Å². The average molecular weight is 296 g/mol. The van der Waals surface area contributed by atoms with Gasteiger partial charge in [0.1, 0.15) is 5.51 Å². The standard InChI is InChI=1S/C15H12N4OS/c1-10-12(14(20)18-15-19-16-9-21-15)7-8-13(17-10)11-5-3-2-4-6-11/h2-9H,1H3,(H,18,19,20). The molecule has 0 aliphatic heterocycles. The Morgan fingerprint density at radius 3 is 2.62 bits per heavy atom. The number of anilines is 1. The summed E-state index contributed by atoms with van der Waals surface area (Å²) in [7, 11) is 0. The molecule has 104 valence electrons. The molecule has 0 fully saturated rings. The van der Waals surface area contributed by atoms with Gasteiger partial charge in [0.2, 0.25) is 5.13 Å². The third-order valence-electron chi connectivity index (χ3n) is 2.98. The van der Waals surface area contributed by atoms with Gasteiger partial charge in [0.15, 0.2) is 0 Å². The van der Waals surface area contributed by atoms with E-state index in [9.17, 15) is 4.79 Å². The van der Waals surface area contributed by atoms with Crippen LogP contribution in [0, 0.1) is 6.92 Å². The molecule has 0 aliphatic carbocycles. The van der Waals surface area contributed by atoms with Crippen molar-refractivity contribution in [1.82, 2.24) is 15.2 Å². The molecule has 0 saturated carbocycles. The van der Waals surface area contributed by atoms with E-state index in [0.29, 0.717) is 16.4 Å². The molecule has 2 heterocycles. The second-order valence-electron chi connectivity index (χ2n) is 4.39. The van der Waals surface area contributed by atoms with Crippen molar-refractivity contribution in [1.29, 1.82) is 0 Å². The number of nitrogens with one attached hydrogen (secondary N) is 1. The third kappa shape index (κ3) is 2.95. The molecule has 21 heavy (non-hydrogen) atoms. The molecule has 0 saturated heterocycles. The molecular weight excluding hydrogens is 284 g/mol. The van der Waals surface area contributed by atoms with Gasteiger partial charge in [-0.3, -0.25) is 15.1 Å². The van der Waals surface area contributed by atoms with Gasteiger partial charge < -0.3 is 0 Å². The first-order valence-corrected chi connectivity index (χ1v) is 7.22. The summed E-state index contributed by atoms with van der Waals surface area (Å²) < 4.78 is 0. The molecular formula is C15H12N4OS. The maximum Gasteiger partial charge on any atom is 0.259 e. The van der Waals surface area contributed by atoms with Crippen LogP contribution in [-0.2, 0) is 0 Å². The van der Waals surface area contributed by atoms with Crippen molar-refractivity contribution in [2.75, 3.05) is 5.32 Å². The van der Waals surface area contributed by atoms with E-state index in [4.69, 9.17) is 0 Å². The van der Waals surface area contributed by atoms with Gasteiger partial charge >= 0.3 is 0 Å². The van der Waals surface area contributed by atoms with Gasteiger partial charge in [-0.05, 0) is 19.1 Å². The van der Waals surface area contributed by atoms with Crippen LogP contribution in [0.5, 0.6) is 0 Å². The van der Waals surface area contributed by atoms with E-state index >= 15 is 0 Å². The number of hydrogen-bond acceptors (Lipinski definition) is 5. The lowest BCUT2D eigenvalue weighted by atomic mass is 10.1. The summed E-state index contributed by atoms with van der Waals surface area (Å²) >= 11 is 1.28. The van der Waals surface area contributed by atoms with Crippen LogP contribution in [0.3, 0.4) is 0 Å². The Morgan fingerprint density at radius 1 is 1.14 bits per heavy atom. The van der Waals surface area contributed by atoms with Gasteiger partial charge in [0, 0.05) is 5.56 Å². The fraction of sp³-hybridized carbons (Fsp3) is 0.0667. The number of carbonyl (C=O) groups excluding carboxylic acids is 1. The number of benzene rings is 1. The van der Waals surface area contributed by atoms with Crippen molar-refractivity contribution in [3.8, 4) is 11.3 Å². The van der Waals surface area contributed by atoms with Crippen LogP contribution in [0.2, 0.25) is 0 Å². The lowest BCUT2D eigenvalue weighted by Crippen LogP contribution is -2.14. The molecule has 0 atom stereocenters. The average Bonchev–Trinajstić information content (AvgIpc) is 3.01. The minimum atomic E-state index is -0.226. The number of aromatic nitrogens is 3. The second kappa shape index (κ2) is 5.80. The third-order valence-corrected chi connectivity index (χ3v) is 3.59. The van der Waals surface area contributed by atoms with Crippen LogP contribution in [0.15, 0.2) is 48.0 Å². The quantitative estimate of drug-likeness (QED) is 0.806. The van der Waals surface area contributed by atoms with Crippen molar-refractivity contribution in [2.45, 2.75) is 6.92 Å². The van der Waals surface area contributed by atoms with Gasteiger partial charge in [0.25, 0.3) is 5.91 Å². The minimum Gasteiger partial charge on any atom is -0.296 e. The van der Waals surface area contributed by atoms with E-state index in [0.717, 1.165) is 11.3 Å². The highest BCUT2D eigenvalue weighted by Crippen LogP contribution is 2.19. The molecule has 3 rings (SSSR count). The molecule has 1 amide bonds. The van der Waals surface area contributed by atoms with Crippen LogP contribution < -0.4 is 5.32 Å². The molecule has 6 heteroatoms. The molecule has 0 unspecified atom stereocenters. The van der Waals surface area contributed by atoms with Gasteiger partial charge in [-0.15, -0.1) is 10.2 Å². The number of nitrogens with zero attached hydrogens (tertiary/aromatic N) is 3. The zero-order valence-corrected chi connectivity index (χ0v) is 12.1. The van der Waals surface area contributed by atoms with Gasteiger partial charge in [0.05, 0.1) is 17.0 Å². The molecule has 0 bridgehead atoms. The van der Waals surface area contributed by atoms with Crippen molar-refractivity contribution in [3.63, 3.8) is 0 Å². The van der Waals surface area contributed by atoms with Crippen LogP contribution >= 0.6 is 11.3 Å². The molecule has 3 aromatic rings. The molecule has 5 nitrogen and oxygen atoms in total. The Balaban J connectivity index is 1.86. The summed E-state index contributed by atoms with van der Waals surface area (Å²) in [6, 6.07) is 13.5. The smallest absolute Gasteiger partial charge is 0.259 e. The number of carbonyl (C=O) groups is 1. The highest BCUT2D eigenvalue weighted by Gasteiger charge is 2.12. The molecule has 0 radical (unpaired) electrons. The van der Waals surface area contributed by atoms with Crippen molar-refractivity contribution < 1.29 is 4.79 Å². The van der Waals surface area contributed by atoms with Gasteiger partial charge in [-0.25, -0.2) is 0 Å². The summed E-state index contributed by atoms with van der Waals surface area (Å²) in [5.74, 6) is -0.226. The maximum absolute atomic E-state index is 12.2. The first kappa shape index (κ1) is 13.4. The summed E-state index contributed by atoms with van der Waals surface area (Å²) in [5.41, 5.74) is 4.65. The predicted octanol–water partition coefficient (Wildman–Crippen LogP) is 3.16. The van der Waals surface area contributed by atoms with E-state index in [1.165, 1.54) is 11.3 Å². The zero-order valence-electron chi connectivity index (χ0n) is 11.3. The Labute approximate surface area is 125 Å². The summed E-state index contributed by atoms with van der Waals surface area (Å²) in [5, 5.41) is 10.7. The van der Waals surface area contributed by atoms with E-state index in [-0.39, 0.29) is 5.91 Å². The fourth-order valence-electron chi connectivity index (χ4n) is 1.96. The lowest BCUT2D eigenvalue weighted by molar-refractivity contribution is 0.102. The Hall–Kier alpha value is -2.60. The maximum atomic E-state index is 12.2. The number of amides is 1. The van der Waals surface area contributed by atoms with Crippen molar-refractivity contribution >= 4 is 22.4 Å². The zero-order chi connectivity index (χ0) is 14.7. The normalized spacial score (nSPS) is 10.3. The first-order valence-electron chi connectivity index (χ1n) is 6.34. The number of hydrogen-bond donors (Lipinski definition) is 1. The number of pyridine rings is 1. The summed E-state index contributed by atoms with van der Waals surface area (Å²) in [6.07, 6.45) is 0. The summed E-state index contributed by atoms with van der Waals surface area (Å²) in [6.45, 7) is 1.82. The monoisotopic (exact) mass is 296 g/mol. The SMILES string of the molecule is Cc1nc(-c2ccccc2)ccc1C(=O)Nc1nncs1. The number of aryl methyl sites for hydroxylation is 1. The summed E-state index contributed by atoms with van der Waals surface area (Å²) in [4.78, 5) is 16.7. The van der Waals surface area contributed by atoms with E-state index in [2.05, 4.69) is 20.5 Å². The topological polar surface area (TPSA) is 67.8 Å². The molecule has 1 aromatic carbocycles. The van der Waals surface area contributed by atoms with E-state index in [1.54, 1.807) is 11.6 Å².